The molecule has 11 rings (SSSR count). The Labute approximate surface area is 334 Å². The highest BCUT2D eigenvalue weighted by Crippen LogP contribution is 2.43. The van der Waals surface area contributed by atoms with Crippen LogP contribution in [0.4, 0.5) is 11.4 Å². The molecule has 2 aliphatic rings. The van der Waals surface area contributed by atoms with E-state index in [9.17, 15) is 0 Å². The summed E-state index contributed by atoms with van der Waals surface area (Å²) < 4.78 is 5.33. The average Bonchev–Trinajstić information content (AvgIpc) is 3.74. The number of benzene rings is 7. The first-order valence-electron chi connectivity index (χ1n) is 19.3. The molecule has 0 unspecified atom stereocenters. The Balaban J connectivity index is 1.03. The number of thiophene rings is 2. The number of nitrogens with zero attached hydrogens (tertiary/aromatic N) is 1. The smallest absolute Gasteiger partial charge is 0.0533 e. The van der Waals surface area contributed by atoms with Gasteiger partial charge in [-0.2, -0.15) is 0 Å². The van der Waals surface area contributed by atoms with Crippen LogP contribution >= 0.6 is 22.7 Å². The van der Waals surface area contributed by atoms with E-state index in [0.717, 1.165) is 24.1 Å². The van der Waals surface area contributed by atoms with Crippen molar-refractivity contribution < 1.29 is 0 Å². The second-order valence-corrected chi connectivity index (χ2v) is 16.8. The molecular formula is C53H35NS2. The first-order valence-corrected chi connectivity index (χ1v) is 20.9. The minimum Gasteiger partial charge on any atom is -0.314 e. The lowest BCUT2D eigenvalue weighted by Gasteiger charge is -2.32. The predicted molar refractivity (Wildman–Crippen MR) is 244 cm³/mol. The Morgan fingerprint density at radius 3 is 1.93 bits per heavy atom. The molecule has 7 aromatic carbocycles. The zero-order valence-corrected chi connectivity index (χ0v) is 32.3. The van der Waals surface area contributed by atoms with Gasteiger partial charge < -0.3 is 4.90 Å². The molecule has 2 heterocycles. The molecule has 56 heavy (non-hydrogen) atoms. The molecule has 0 fully saturated rings. The highest BCUT2D eigenvalue weighted by Gasteiger charge is 2.23. The van der Waals surface area contributed by atoms with Crippen LogP contribution in [0, 0.1) is 11.8 Å². The van der Waals surface area contributed by atoms with Gasteiger partial charge in [0.2, 0.25) is 0 Å². The van der Waals surface area contributed by atoms with Crippen LogP contribution in [-0.2, 0) is 0 Å². The van der Waals surface area contributed by atoms with Gasteiger partial charge in [-0.15, -0.1) is 22.7 Å². The molecule has 0 bridgehead atoms. The van der Waals surface area contributed by atoms with Crippen LogP contribution < -0.4 is 4.90 Å². The van der Waals surface area contributed by atoms with Crippen molar-refractivity contribution in [3.05, 3.63) is 198 Å². The molecule has 0 radical (unpaired) electrons. The number of rotatable bonds is 6. The maximum atomic E-state index is 3.48. The van der Waals surface area contributed by atoms with Crippen molar-refractivity contribution in [2.45, 2.75) is 19.3 Å². The standard InChI is InChI=1S/C53H35NS2/c1-2-12-37-31-41(15-9-13-35(37)11-1)44-17-3-6-20-49(44)54(42-27-23-36(24-28-42)39-25-29-47-45-18-4-7-21-50(45)55-52(47)33-39)43-16-10-14-38(32-43)40-26-30-48-46-19-5-8-22-51(46)56-53(48)34-40/h1-8,11-12,14,17-34H,10,15-16H2. The quantitative estimate of drug-likeness (QED) is 0.153. The first-order chi connectivity index (χ1) is 27.7. The Bertz CT molecular complexity index is 3170. The molecule has 9 aromatic rings. The van der Waals surface area contributed by atoms with Crippen molar-refractivity contribution in [3.8, 4) is 23.0 Å². The maximum Gasteiger partial charge on any atom is 0.0533 e. The van der Waals surface area contributed by atoms with E-state index in [2.05, 4.69) is 193 Å². The summed E-state index contributed by atoms with van der Waals surface area (Å²) in [6.07, 6.45) is 9.77. The first kappa shape index (κ1) is 32.9. The van der Waals surface area contributed by atoms with Gasteiger partial charge >= 0.3 is 0 Å². The molecule has 0 aliphatic heterocycles. The van der Waals surface area contributed by atoms with Gasteiger partial charge in [-0.1, -0.05) is 127 Å². The van der Waals surface area contributed by atoms with Crippen molar-refractivity contribution in [1.82, 2.24) is 0 Å². The molecule has 0 saturated heterocycles. The number of allylic oxidation sites excluding steroid dienone is 5. The fourth-order valence-electron chi connectivity index (χ4n) is 8.46. The van der Waals surface area contributed by atoms with Gasteiger partial charge in [-0.05, 0) is 107 Å². The zero-order chi connectivity index (χ0) is 37.0. The lowest BCUT2D eigenvalue weighted by Crippen LogP contribution is -2.19. The normalized spacial score (nSPS) is 13.8. The fourth-order valence-corrected chi connectivity index (χ4v) is 10.8. The van der Waals surface area contributed by atoms with Crippen molar-refractivity contribution in [3.63, 3.8) is 0 Å². The third kappa shape index (κ3) is 5.78. The number of fused-ring (bicyclic) bond motifs is 7. The Morgan fingerprint density at radius 1 is 0.518 bits per heavy atom. The minimum absolute atomic E-state index is 0.693. The van der Waals surface area contributed by atoms with Crippen LogP contribution in [0.3, 0.4) is 0 Å². The van der Waals surface area contributed by atoms with E-state index in [1.54, 1.807) is 0 Å². The van der Waals surface area contributed by atoms with Crippen molar-refractivity contribution in [2.75, 3.05) is 4.90 Å². The number of hydrogen-bond acceptors (Lipinski definition) is 3. The number of para-hydroxylation sites is 1. The lowest BCUT2D eigenvalue weighted by molar-refractivity contribution is 0.920. The van der Waals surface area contributed by atoms with E-state index in [4.69, 9.17) is 0 Å². The van der Waals surface area contributed by atoms with Crippen molar-refractivity contribution >= 4 is 91.6 Å². The molecule has 2 aliphatic carbocycles. The second-order valence-electron chi connectivity index (χ2n) is 14.6. The van der Waals surface area contributed by atoms with Crippen LogP contribution in [0.15, 0.2) is 176 Å². The summed E-state index contributed by atoms with van der Waals surface area (Å²) in [5.41, 5.74) is 13.3. The molecule has 264 valence electrons. The summed E-state index contributed by atoms with van der Waals surface area (Å²) in [7, 11) is 0. The summed E-state index contributed by atoms with van der Waals surface area (Å²) in [5, 5.41) is 5.33. The van der Waals surface area contributed by atoms with Gasteiger partial charge in [0.25, 0.3) is 0 Å². The monoisotopic (exact) mass is 749 g/mol. The lowest BCUT2D eigenvalue weighted by atomic mass is 9.94. The van der Waals surface area contributed by atoms with Crippen LogP contribution in [0.25, 0.3) is 68.7 Å². The predicted octanol–water partition coefficient (Wildman–Crippen LogP) is 15.3. The van der Waals surface area contributed by atoms with E-state index in [0.29, 0.717) is 6.42 Å². The van der Waals surface area contributed by atoms with Crippen LogP contribution in [0.1, 0.15) is 41.5 Å². The van der Waals surface area contributed by atoms with E-state index in [-0.39, 0.29) is 0 Å². The summed E-state index contributed by atoms with van der Waals surface area (Å²) >= 11 is 3.75. The van der Waals surface area contributed by atoms with Gasteiger partial charge in [0.05, 0.1) is 5.69 Å². The Kier molecular flexibility index (Phi) is 8.06. The fraction of sp³-hybridized carbons (Fsp3) is 0.0566. The molecular weight excluding hydrogens is 715 g/mol. The van der Waals surface area contributed by atoms with Crippen molar-refractivity contribution in [1.29, 1.82) is 0 Å². The number of anilines is 2. The van der Waals surface area contributed by atoms with Gasteiger partial charge in [-0.25, -0.2) is 0 Å². The van der Waals surface area contributed by atoms with E-state index in [1.807, 2.05) is 22.7 Å². The Morgan fingerprint density at radius 2 is 1.14 bits per heavy atom. The highest BCUT2D eigenvalue weighted by molar-refractivity contribution is 7.26. The molecule has 0 atom stereocenters. The maximum absolute atomic E-state index is 3.48. The molecule has 0 spiro atoms. The van der Waals surface area contributed by atoms with Gasteiger partial charge in [0.15, 0.2) is 0 Å². The zero-order valence-electron chi connectivity index (χ0n) is 30.6. The average molecular weight is 750 g/mol. The minimum atomic E-state index is 0.693. The van der Waals surface area contributed by atoms with Crippen LogP contribution in [0.5, 0.6) is 0 Å². The van der Waals surface area contributed by atoms with Crippen LogP contribution in [0.2, 0.25) is 0 Å². The van der Waals surface area contributed by atoms with E-state index >= 15 is 0 Å². The van der Waals surface area contributed by atoms with Gasteiger partial charge in [-0.3, -0.25) is 0 Å². The van der Waals surface area contributed by atoms with E-state index < -0.39 is 0 Å². The highest BCUT2D eigenvalue weighted by atomic mass is 32.1. The van der Waals surface area contributed by atoms with Crippen LogP contribution in [-0.4, -0.2) is 0 Å². The van der Waals surface area contributed by atoms with Crippen molar-refractivity contribution in [2.24, 2.45) is 0 Å². The molecule has 0 amide bonds. The molecule has 0 N–H and O–H groups in total. The summed E-state index contributed by atoms with van der Waals surface area (Å²) in [5.74, 6) is 6.90. The second kappa shape index (κ2) is 13.7. The number of hydrogen-bond donors (Lipinski definition) is 0. The molecule has 2 aromatic heterocycles. The molecule has 1 nitrogen and oxygen atoms in total. The molecule has 0 saturated carbocycles. The summed E-state index contributed by atoms with van der Waals surface area (Å²) in [4.78, 5) is 2.50. The SMILES string of the molecule is C1#Cc2ccccc2C=C(c2ccccc2N(C2=CC(c3ccc4c(c3)sc3ccccc34)=CCC2)c2ccc(-c3ccc4c(c3)sc3ccccc34)cc2)C1. The topological polar surface area (TPSA) is 3.24 Å². The largest absolute Gasteiger partial charge is 0.314 e. The third-order valence-electron chi connectivity index (χ3n) is 11.2. The molecule has 3 heteroatoms. The summed E-state index contributed by atoms with van der Waals surface area (Å²) in [6.45, 7) is 0. The van der Waals surface area contributed by atoms with Gasteiger partial charge in [0.1, 0.15) is 0 Å². The van der Waals surface area contributed by atoms with Gasteiger partial charge in [0, 0.05) is 69.3 Å². The van der Waals surface area contributed by atoms with E-state index in [1.165, 1.54) is 90.7 Å². The Hall–Kier alpha value is -6.44. The summed E-state index contributed by atoms with van der Waals surface area (Å²) in [6, 6.07) is 58.0. The third-order valence-corrected chi connectivity index (χ3v) is 13.5.